The van der Waals surface area contributed by atoms with Gasteiger partial charge in [0.2, 0.25) is 0 Å². The molecule has 0 amide bonds. The highest BCUT2D eigenvalue weighted by atomic mass is 32.3. The van der Waals surface area contributed by atoms with Crippen LogP contribution < -0.4 is 14.2 Å². The Kier molecular flexibility index (Phi) is 4.21. The summed E-state index contributed by atoms with van der Waals surface area (Å²) in [5.41, 5.74) is 0.865. The highest BCUT2D eigenvalue weighted by Gasteiger charge is 2.55. The van der Waals surface area contributed by atoms with E-state index in [0.717, 1.165) is 5.56 Å². The summed E-state index contributed by atoms with van der Waals surface area (Å²) in [4.78, 5) is 12.7. The topological polar surface area (TPSA) is 111 Å². The first-order chi connectivity index (χ1) is 12.8. The zero-order valence-corrected chi connectivity index (χ0v) is 15.8. The van der Waals surface area contributed by atoms with Crippen molar-refractivity contribution in [3.8, 4) is 11.5 Å². The number of allylic oxidation sites excluding steroid dienone is 1. The normalized spacial score (nSPS) is 29.3. The maximum Gasteiger partial charge on any atom is 0.446 e. The van der Waals surface area contributed by atoms with Crippen molar-refractivity contribution < 1.29 is 31.4 Å². The van der Waals surface area contributed by atoms with Gasteiger partial charge < -0.3 is 19.0 Å². The highest BCUT2D eigenvalue weighted by Crippen LogP contribution is 2.56. The van der Waals surface area contributed by atoms with E-state index in [1.807, 2.05) is 12.1 Å². The van der Waals surface area contributed by atoms with Crippen LogP contribution >= 0.6 is 0 Å². The van der Waals surface area contributed by atoms with Crippen LogP contribution in [0.2, 0.25) is 0 Å². The number of carbonyl (C=O) groups is 1. The molecule has 8 nitrogen and oxygen atoms in total. The lowest BCUT2D eigenvalue weighted by Gasteiger charge is -2.54. The third-order valence-electron chi connectivity index (χ3n) is 5.91. The molecule has 3 aliphatic rings. The number of carbonyl (C=O) groups excluding carboxylic acids is 1. The Balaban J connectivity index is 1.99. The van der Waals surface area contributed by atoms with Crippen molar-refractivity contribution in [1.29, 1.82) is 0 Å². The van der Waals surface area contributed by atoms with Crippen LogP contribution in [0.3, 0.4) is 0 Å². The van der Waals surface area contributed by atoms with E-state index in [2.05, 4.69) is 5.32 Å². The number of hydrogen-bond acceptors (Lipinski definition) is 7. The molecule has 1 aromatic carbocycles. The lowest BCUT2D eigenvalue weighted by atomic mass is 9.54. The summed E-state index contributed by atoms with van der Waals surface area (Å²) >= 11 is 0. The zero-order valence-electron chi connectivity index (χ0n) is 15.0. The zero-order chi connectivity index (χ0) is 19.4. The summed E-state index contributed by atoms with van der Waals surface area (Å²) in [7, 11) is -1.89. The van der Waals surface area contributed by atoms with Crippen LogP contribution in [-0.2, 0) is 31.8 Å². The SMILES string of the molecule is COC1=CC2C3Cc4ccc(OC)c(OS(=O)(=O)O)c4C2(CCN3)CC1=O. The molecule has 0 aromatic heterocycles. The summed E-state index contributed by atoms with van der Waals surface area (Å²) in [6.07, 6.45) is 3.27. The summed E-state index contributed by atoms with van der Waals surface area (Å²) in [5, 5.41) is 3.49. The van der Waals surface area contributed by atoms with Crippen LogP contribution in [0.15, 0.2) is 24.0 Å². The van der Waals surface area contributed by atoms with Gasteiger partial charge in [0.25, 0.3) is 0 Å². The largest absolute Gasteiger partial charge is 0.493 e. The predicted octanol–water partition coefficient (Wildman–Crippen LogP) is 1.15. The Bertz CT molecular complexity index is 939. The van der Waals surface area contributed by atoms with Gasteiger partial charge in [0.05, 0.1) is 14.2 Å². The molecule has 27 heavy (non-hydrogen) atoms. The Morgan fingerprint density at radius 3 is 2.70 bits per heavy atom. The number of rotatable bonds is 4. The first-order valence-electron chi connectivity index (χ1n) is 8.68. The van der Waals surface area contributed by atoms with Crippen LogP contribution in [0.5, 0.6) is 11.5 Å². The van der Waals surface area contributed by atoms with E-state index in [0.29, 0.717) is 30.7 Å². The first-order valence-corrected chi connectivity index (χ1v) is 10.1. The van der Waals surface area contributed by atoms with Gasteiger partial charge in [-0.2, -0.15) is 8.42 Å². The number of Topliss-reactive ketones (excluding diaryl/α,β-unsaturated/α-hetero) is 1. The number of benzene rings is 1. The van der Waals surface area contributed by atoms with E-state index in [1.54, 1.807) is 6.07 Å². The summed E-state index contributed by atoms with van der Waals surface area (Å²) in [6.45, 7) is 0.687. The van der Waals surface area contributed by atoms with Crippen LogP contribution in [-0.4, -0.2) is 45.6 Å². The van der Waals surface area contributed by atoms with E-state index >= 15 is 0 Å². The van der Waals surface area contributed by atoms with Crippen molar-refractivity contribution in [1.82, 2.24) is 5.32 Å². The molecule has 1 saturated heterocycles. The smallest absolute Gasteiger partial charge is 0.446 e. The third kappa shape index (κ3) is 2.81. The molecule has 9 heteroatoms. The molecule has 1 heterocycles. The minimum absolute atomic E-state index is 0.0371. The average molecular weight is 395 g/mol. The molecule has 2 aliphatic carbocycles. The van der Waals surface area contributed by atoms with Crippen molar-refractivity contribution in [2.45, 2.75) is 30.7 Å². The number of nitrogens with one attached hydrogen (secondary N) is 1. The number of ketones is 1. The molecule has 3 atom stereocenters. The number of piperidine rings is 1. The number of methoxy groups -OCH3 is 2. The fourth-order valence-electron chi connectivity index (χ4n) is 4.94. The van der Waals surface area contributed by atoms with Gasteiger partial charge in [-0.1, -0.05) is 6.07 Å². The van der Waals surface area contributed by atoms with Crippen LogP contribution in [0.25, 0.3) is 0 Å². The second-order valence-corrected chi connectivity index (χ2v) is 8.20. The minimum Gasteiger partial charge on any atom is -0.493 e. The number of fused-ring (bicyclic) bond motifs is 1. The first kappa shape index (κ1) is 18.3. The highest BCUT2D eigenvalue weighted by molar-refractivity contribution is 7.81. The van der Waals surface area contributed by atoms with Crippen molar-refractivity contribution in [2.24, 2.45) is 5.92 Å². The van der Waals surface area contributed by atoms with Crippen LogP contribution in [0.4, 0.5) is 0 Å². The lowest BCUT2D eigenvalue weighted by molar-refractivity contribution is -0.121. The van der Waals surface area contributed by atoms with E-state index in [1.165, 1.54) is 14.2 Å². The van der Waals surface area contributed by atoms with Crippen molar-refractivity contribution in [2.75, 3.05) is 20.8 Å². The standard InChI is InChI=1S/C18H21NO7S/c1-24-14-4-3-10-7-12-11-8-15(25-2)13(20)9-18(11,5-6-19-12)16(10)17(14)26-27(21,22)23/h3-4,8,11-12,19H,5-7,9H2,1-2H3,(H,21,22,23). The molecule has 1 aliphatic heterocycles. The Labute approximate surface area is 157 Å². The third-order valence-corrected chi connectivity index (χ3v) is 6.28. The molecule has 146 valence electrons. The van der Waals surface area contributed by atoms with E-state index in [4.69, 9.17) is 13.7 Å². The summed E-state index contributed by atoms with van der Waals surface area (Å²) in [6, 6.07) is 3.58. The molecule has 0 spiro atoms. The summed E-state index contributed by atoms with van der Waals surface area (Å²) in [5.74, 6) is 0.286. The lowest BCUT2D eigenvalue weighted by Crippen LogP contribution is -2.60. The van der Waals surface area contributed by atoms with Gasteiger partial charge in [0.1, 0.15) is 0 Å². The minimum atomic E-state index is -4.76. The van der Waals surface area contributed by atoms with Gasteiger partial charge in [0, 0.05) is 29.4 Å². The second-order valence-electron chi connectivity index (χ2n) is 7.17. The molecule has 0 saturated carbocycles. The Morgan fingerprint density at radius 1 is 1.26 bits per heavy atom. The molecule has 1 aromatic rings. The molecule has 2 N–H and O–H groups in total. The maximum atomic E-state index is 12.7. The Hall–Kier alpha value is -2.10. The van der Waals surface area contributed by atoms with E-state index in [-0.39, 0.29) is 35.7 Å². The van der Waals surface area contributed by atoms with Gasteiger partial charge >= 0.3 is 10.4 Å². The van der Waals surface area contributed by atoms with Gasteiger partial charge in [0.15, 0.2) is 23.0 Å². The quantitative estimate of drug-likeness (QED) is 0.731. The molecule has 4 rings (SSSR count). The fraction of sp³-hybridized carbons (Fsp3) is 0.500. The van der Waals surface area contributed by atoms with Gasteiger partial charge in [-0.15, -0.1) is 0 Å². The van der Waals surface area contributed by atoms with Crippen molar-refractivity contribution in [3.05, 3.63) is 35.1 Å². The van der Waals surface area contributed by atoms with Crippen LogP contribution in [0, 0.1) is 5.92 Å². The monoisotopic (exact) mass is 395 g/mol. The van der Waals surface area contributed by atoms with Gasteiger partial charge in [-0.05, 0) is 37.1 Å². The Morgan fingerprint density at radius 2 is 2.04 bits per heavy atom. The molecular weight excluding hydrogens is 374 g/mol. The molecule has 1 fully saturated rings. The molecule has 2 bridgehead atoms. The van der Waals surface area contributed by atoms with Crippen molar-refractivity contribution in [3.63, 3.8) is 0 Å². The van der Waals surface area contributed by atoms with Crippen molar-refractivity contribution >= 4 is 16.2 Å². The molecular formula is C18H21NO7S. The van der Waals surface area contributed by atoms with Crippen LogP contribution in [0.1, 0.15) is 24.0 Å². The maximum absolute atomic E-state index is 12.7. The molecule has 0 radical (unpaired) electrons. The van der Waals surface area contributed by atoms with E-state index in [9.17, 15) is 17.8 Å². The number of hydrogen-bond donors (Lipinski definition) is 2. The number of ether oxygens (including phenoxy) is 2. The van der Waals surface area contributed by atoms with Gasteiger partial charge in [-0.25, -0.2) is 0 Å². The average Bonchev–Trinajstić information content (AvgIpc) is 2.59. The second kappa shape index (κ2) is 6.22. The van der Waals surface area contributed by atoms with E-state index < -0.39 is 15.8 Å². The summed E-state index contributed by atoms with van der Waals surface area (Å²) < 4.78 is 47.9. The van der Waals surface area contributed by atoms with Gasteiger partial charge in [-0.3, -0.25) is 9.35 Å². The molecule has 3 unspecified atom stereocenters. The predicted molar refractivity (Wildman–Crippen MR) is 95.2 cm³/mol. The fourth-order valence-corrected chi connectivity index (χ4v) is 5.31.